The molecule has 2 N–H and O–H groups in total. The molecule has 3 heteroatoms. The summed E-state index contributed by atoms with van der Waals surface area (Å²) in [6.45, 7) is 13.2. The summed E-state index contributed by atoms with van der Waals surface area (Å²) in [5.74, 6) is 1.79. The molecule has 1 unspecified atom stereocenters. The molecule has 114 valence electrons. The average Bonchev–Trinajstić information content (AvgIpc) is 2.37. The van der Waals surface area contributed by atoms with E-state index in [2.05, 4.69) is 45.1 Å². The molecular formula is C17H29NO2. The van der Waals surface area contributed by atoms with Crippen molar-refractivity contribution in [2.24, 2.45) is 11.8 Å². The Kier molecular flexibility index (Phi) is 7.03. The third-order valence-electron chi connectivity index (χ3n) is 3.23. The van der Waals surface area contributed by atoms with E-state index in [1.54, 1.807) is 0 Å². The topological polar surface area (TPSA) is 41.5 Å². The van der Waals surface area contributed by atoms with Crippen molar-refractivity contribution in [3.63, 3.8) is 0 Å². The molecule has 0 bridgehead atoms. The quantitative estimate of drug-likeness (QED) is 0.768. The van der Waals surface area contributed by atoms with Gasteiger partial charge in [0.15, 0.2) is 0 Å². The molecule has 0 amide bonds. The molecule has 1 aromatic rings. The van der Waals surface area contributed by atoms with Crippen molar-refractivity contribution < 1.29 is 9.84 Å². The number of nitrogens with one attached hydrogen (secondary N) is 1. The predicted molar refractivity (Wildman–Crippen MR) is 84.2 cm³/mol. The van der Waals surface area contributed by atoms with Crippen molar-refractivity contribution in [1.29, 1.82) is 0 Å². The van der Waals surface area contributed by atoms with Crippen molar-refractivity contribution in [2.45, 2.75) is 41.2 Å². The van der Waals surface area contributed by atoms with Gasteiger partial charge in [-0.1, -0.05) is 32.9 Å². The lowest BCUT2D eigenvalue weighted by Crippen LogP contribution is -2.19. The minimum atomic E-state index is 0.162. The van der Waals surface area contributed by atoms with Crippen molar-refractivity contribution in [3.8, 4) is 5.75 Å². The Hall–Kier alpha value is -1.06. The zero-order chi connectivity index (χ0) is 15.1. The fourth-order valence-corrected chi connectivity index (χ4v) is 2.15. The molecule has 0 spiro atoms. The van der Waals surface area contributed by atoms with E-state index in [-0.39, 0.29) is 12.5 Å². The second-order valence-electron chi connectivity index (χ2n) is 6.18. The van der Waals surface area contributed by atoms with Crippen LogP contribution >= 0.6 is 0 Å². The fraction of sp³-hybridized carbons (Fsp3) is 0.647. The summed E-state index contributed by atoms with van der Waals surface area (Å²) in [6, 6.07) is 4.36. The van der Waals surface area contributed by atoms with E-state index in [4.69, 9.17) is 9.84 Å². The monoisotopic (exact) mass is 279 g/mol. The molecule has 0 aliphatic heterocycles. The molecular weight excluding hydrogens is 250 g/mol. The highest BCUT2D eigenvalue weighted by Gasteiger charge is 2.08. The molecule has 1 aromatic carbocycles. The van der Waals surface area contributed by atoms with E-state index < -0.39 is 0 Å². The average molecular weight is 279 g/mol. The van der Waals surface area contributed by atoms with Gasteiger partial charge in [0, 0.05) is 19.1 Å². The maximum atomic E-state index is 9.05. The molecule has 1 rings (SSSR count). The summed E-state index contributed by atoms with van der Waals surface area (Å²) >= 11 is 0. The van der Waals surface area contributed by atoms with Crippen LogP contribution in [0.25, 0.3) is 0 Å². The maximum Gasteiger partial charge on any atom is 0.125 e. The maximum absolute atomic E-state index is 9.05. The Morgan fingerprint density at radius 2 is 1.75 bits per heavy atom. The number of rotatable bonds is 8. The van der Waals surface area contributed by atoms with E-state index in [9.17, 15) is 0 Å². The second-order valence-corrected chi connectivity index (χ2v) is 6.18. The first-order valence-corrected chi connectivity index (χ1v) is 7.48. The molecule has 20 heavy (non-hydrogen) atoms. The van der Waals surface area contributed by atoms with Crippen molar-refractivity contribution in [1.82, 2.24) is 5.32 Å². The Bertz CT molecular complexity index is 392. The van der Waals surface area contributed by atoms with E-state index >= 15 is 0 Å². The number of ether oxygens (including phenoxy) is 1. The lowest BCUT2D eigenvalue weighted by atomic mass is 10.1. The molecule has 0 aromatic heterocycles. The van der Waals surface area contributed by atoms with Gasteiger partial charge >= 0.3 is 0 Å². The first-order valence-electron chi connectivity index (χ1n) is 7.48. The Morgan fingerprint density at radius 1 is 1.15 bits per heavy atom. The van der Waals surface area contributed by atoms with Gasteiger partial charge in [-0.25, -0.2) is 0 Å². The smallest absolute Gasteiger partial charge is 0.125 e. The van der Waals surface area contributed by atoms with E-state index in [1.165, 1.54) is 5.56 Å². The number of benzene rings is 1. The van der Waals surface area contributed by atoms with Gasteiger partial charge in [0.2, 0.25) is 0 Å². The van der Waals surface area contributed by atoms with Crippen molar-refractivity contribution in [2.75, 3.05) is 19.8 Å². The molecule has 0 aliphatic rings. The van der Waals surface area contributed by atoms with Crippen LogP contribution in [0, 0.1) is 25.7 Å². The van der Waals surface area contributed by atoms with Crippen molar-refractivity contribution in [3.05, 3.63) is 28.8 Å². The molecule has 0 heterocycles. The van der Waals surface area contributed by atoms with Crippen LogP contribution in [-0.4, -0.2) is 24.9 Å². The number of hydrogen-bond acceptors (Lipinski definition) is 3. The van der Waals surface area contributed by atoms with Crippen LogP contribution in [-0.2, 0) is 6.54 Å². The molecule has 0 aliphatic carbocycles. The molecule has 0 saturated heterocycles. The van der Waals surface area contributed by atoms with Gasteiger partial charge in [0.25, 0.3) is 0 Å². The molecule has 3 nitrogen and oxygen atoms in total. The number of aliphatic hydroxyl groups is 1. The SMILES string of the molecule is Cc1cc(CNCC(C)C)cc(C)c1OCC(C)CO. The fourth-order valence-electron chi connectivity index (χ4n) is 2.15. The number of hydrogen-bond donors (Lipinski definition) is 2. The van der Waals surface area contributed by atoms with E-state index in [0.717, 1.165) is 30.0 Å². The van der Waals surface area contributed by atoms with E-state index in [0.29, 0.717) is 12.5 Å². The summed E-state index contributed by atoms with van der Waals surface area (Å²) in [5, 5.41) is 12.5. The van der Waals surface area contributed by atoms with Crippen LogP contribution in [0.5, 0.6) is 5.75 Å². The standard InChI is InChI=1S/C17H29NO2/c1-12(2)8-18-9-16-6-14(4)17(15(5)7-16)20-11-13(3)10-19/h6-7,12-13,18-19H,8-11H2,1-5H3. The lowest BCUT2D eigenvalue weighted by Gasteiger charge is -2.16. The third kappa shape index (κ3) is 5.51. The third-order valence-corrected chi connectivity index (χ3v) is 3.23. The summed E-state index contributed by atoms with van der Waals surface area (Å²) in [6.07, 6.45) is 0. The summed E-state index contributed by atoms with van der Waals surface area (Å²) in [7, 11) is 0. The minimum absolute atomic E-state index is 0.162. The molecule has 0 fully saturated rings. The Morgan fingerprint density at radius 3 is 2.25 bits per heavy atom. The second kappa shape index (κ2) is 8.28. The Balaban J connectivity index is 2.66. The highest BCUT2D eigenvalue weighted by molar-refractivity contribution is 5.43. The zero-order valence-corrected chi connectivity index (χ0v) is 13.5. The van der Waals surface area contributed by atoms with Crippen molar-refractivity contribution >= 4 is 0 Å². The lowest BCUT2D eigenvalue weighted by molar-refractivity contribution is 0.173. The van der Waals surface area contributed by atoms with Gasteiger partial charge in [-0.2, -0.15) is 0 Å². The van der Waals surface area contributed by atoms with Crippen LogP contribution in [0.4, 0.5) is 0 Å². The zero-order valence-electron chi connectivity index (χ0n) is 13.5. The van der Waals surface area contributed by atoms with Crippen LogP contribution in [0.2, 0.25) is 0 Å². The van der Waals surface area contributed by atoms with Gasteiger partial charge < -0.3 is 15.2 Å². The summed E-state index contributed by atoms with van der Waals surface area (Å²) in [5.41, 5.74) is 3.62. The summed E-state index contributed by atoms with van der Waals surface area (Å²) in [4.78, 5) is 0. The van der Waals surface area contributed by atoms with Gasteiger partial charge in [0.1, 0.15) is 5.75 Å². The first kappa shape index (κ1) is 17.0. The van der Waals surface area contributed by atoms with Crippen LogP contribution in [0.1, 0.15) is 37.5 Å². The van der Waals surface area contributed by atoms with Gasteiger partial charge in [-0.05, 0) is 43.0 Å². The van der Waals surface area contributed by atoms with Gasteiger partial charge in [0.05, 0.1) is 6.61 Å². The number of aryl methyl sites for hydroxylation is 2. The molecule has 1 atom stereocenters. The van der Waals surface area contributed by atoms with Crippen LogP contribution < -0.4 is 10.1 Å². The highest BCUT2D eigenvalue weighted by atomic mass is 16.5. The number of aliphatic hydroxyl groups excluding tert-OH is 1. The summed E-state index contributed by atoms with van der Waals surface area (Å²) < 4.78 is 5.84. The van der Waals surface area contributed by atoms with Gasteiger partial charge in [-0.15, -0.1) is 0 Å². The van der Waals surface area contributed by atoms with Crippen LogP contribution in [0.3, 0.4) is 0 Å². The predicted octanol–water partition coefficient (Wildman–Crippen LogP) is 3.06. The normalized spacial score (nSPS) is 12.8. The largest absolute Gasteiger partial charge is 0.493 e. The molecule has 0 radical (unpaired) electrons. The minimum Gasteiger partial charge on any atom is -0.493 e. The van der Waals surface area contributed by atoms with Gasteiger partial charge in [-0.3, -0.25) is 0 Å². The highest BCUT2D eigenvalue weighted by Crippen LogP contribution is 2.25. The molecule has 0 saturated carbocycles. The first-order chi connectivity index (χ1) is 9.43. The van der Waals surface area contributed by atoms with E-state index in [1.807, 2.05) is 6.92 Å². The van der Waals surface area contributed by atoms with Crippen LogP contribution in [0.15, 0.2) is 12.1 Å². The Labute approximate surface area is 123 Å².